The van der Waals surface area contributed by atoms with Crippen molar-refractivity contribution in [3.8, 4) is 50.2 Å². The number of aromatic nitrogens is 1. The van der Waals surface area contributed by atoms with Crippen molar-refractivity contribution in [2.24, 2.45) is 0 Å². The molecule has 328 valence electrons. The molecule has 3 aromatic heterocycles. The zero-order chi connectivity index (χ0) is 46.1. The van der Waals surface area contributed by atoms with Gasteiger partial charge in [0.15, 0.2) is 0 Å². The van der Waals surface area contributed by atoms with Gasteiger partial charge in [-0.25, -0.2) is 0 Å². The number of fused-ring (bicyclic) bond motifs is 9. The lowest BCUT2D eigenvalue weighted by atomic mass is 9.98. The van der Waals surface area contributed by atoms with Crippen molar-refractivity contribution >= 4 is 92.3 Å². The van der Waals surface area contributed by atoms with Crippen molar-refractivity contribution in [2.75, 3.05) is 4.90 Å². The number of benzene rings is 11. The molecule has 0 aliphatic heterocycles. The van der Waals surface area contributed by atoms with Crippen LogP contribution < -0.4 is 4.90 Å². The molecular weight excluding hydrogens is 869 g/mol. The molecule has 0 amide bonds. The van der Waals surface area contributed by atoms with E-state index in [2.05, 4.69) is 264 Å². The van der Waals surface area contributed by atoms with Gasteiger partial charge < -0.3 is 13.9 Å². The van der Waals surface area contributed by atoms with E-state index in [1.165, 1.54) is 58.7 Å². The Labute approximate surface area is 409 Å². The lowest BCUT2D eigenvalue weighted by Crippen LogP contribution is -2.09. The zero-order valence-electron chi connectivity index (χ0n) is 38.0. The van der Waals surface area contributed by atoms with E-state index in [-0.39, 0.29) is 0 Å². The van der Waals surface area contributed by atoms with Gasteiger partial charge in [-0.3, -0.25) is 0 Å². The molecule has 0 spiro atoms. The van der Waals surface area contributed by atoms with Gasteiger partial charge in [0.25, 0.3) is 0 Å². The average molecular weight is 911 g/mol. The maximum Gasteiger partial charge on any atom is 0.143 e. The molecule has 70 heavy (non-hydrogen) atoms. The second-order valence-corrected chi connectivity index (χ2v) is 19.1. The molecule has 0 N–H and O–H groups in total. The van der Waals surface area contributed by atoms with Gasteiger partial charge in [-0.05, 0) is 124 Å². The lowest BCUT2D eigenvalue weighted by molar-refractivity contribution is 0.670. The average Bonchev–Trinajstić information content (AvgIpc) is 4.11. The number of hydrogen-bond donors (Lipinski definition) is 0. The van der Waals surface area contributed by atoms with E-state index in [1.807, 2.05) is 11.3 Å². The van der Waals surface area contributed by atoms with E-state index in [9.17, 15) is 0 Å². The number of para-hydroxylation sites is 3. The second-order valence-electron chi connectivity index (χ2n) is 18.0. The van der Waals surface area contributed by atoms with E-state index >= 15 is 0 Å². The summed E-state index contributed by atoms with van der Waals surface area (Å²) in [5, 5.41) is 7.36. The monoisotopic (exact) mass is 910 g/mol. The standard InChI is InChI=1S/C66H42N2OS/c1-3-13-45(14-4-1)54-20-11-21-57-59-41-47(32-40-62(59)69-66(54)57)43-25-33-50(34-26-43)67(52-37-29-46(30-38-52)53-19-12-24-64-65(53)58-18-8-10-23-63(58)70-64)51-35-27-44(28-36-51)48-31-39-56-55-17-7-9-22-60(55)68(61(56)42-48)49-15-5-2-6-16-49/h1-42H. The molecule has 0 saturated carbocycles. The molecule has 0 aliphatic rings. The summed E-state index contributed by atoms with van der Waals surface area (Å²) in [5.41, 5.74) is 17.9. The number of thiophene rings is 1. The van der Waals surface area contributed by atoms with Gasteiger partial charge in [-0.15, -0.1) is 11.3 Å². The second kappa shape index (κ2) is 16.4. The van der Waals surface area contributed by atoms with Gasteiger partial charge >= 0.3 is 0 Å². The quantitative estimate of drug-likeness (QED) is 0.151. The molecule has 0 aliphatic carbocycles. The van der Waals surface area contributed by atoms with Gasteiger partial charge in [0.05, 0.1) is 11.0 Å². The number of nitrogens with zero attached hydrogens (tertiary/aromatic N) is 2. The lowest BCUT2D eigenvalue weighted by Gasteiger charge is -2.26. The van der Waals surface area contributed by atoms with Crippen molar-refractivity contribution in [1.29, 1.82) is 0 Å². The third-order valence-corrected chi connectivity index (χ3v) is 15.2. The van der Waals surface area contributed by atoms with E-state index in [0.717, 1.165) is 72.5 Å². The summed E-state index contributed by atoms with van der Waals surface area (Å²) in [5.74, 6) is 0. The molecule has 0 saturated heterocycles. The molecular formula is C66H42N2OS. The van der Waals surface area contributed by atoms with Crippen LogP contribution in [0.25, 0.3) is 114 Å². The van der Waals surface area contributed by atoms with Crippen LogP contribution in [0.4, 0.5) is 17.1 Å². The summed E-state index contributed by atoms with van der Waals surface area (Å²) >= 11 is 1.86. The van der Waals surface area contributed by atoms with Gasteiger partial charge in [-0.2, -0.15) is 0 Å². The summed E-state index contributed by atoms with van der Waals surface area (Å²) < 4.78 is 11.5. The highest BCUT2D eigenvalue weighted by Gasteiger charge is 2.18. The first kappa shape index (κ1) is 40.1. The van der Waals surface area contributed by atoms with E-state index < -0.39 is 0 Å². The van der Waals surface area contributed by atoms with Crippen molar-refractivity contribution in [2.45, 2.75) is 0 Å². The maximum atomic E-state index is 6.53. The zero-order valence-corrected chi connectivity index (χ0v) is 38.8. The van der Waals surface area contributed by atoms with Crippen LogP contribution >= 0.6 is 11.3 Å². The molecule has 0 unspecified atom stereocenters. The number of anilines is 3. The minimum atomic E-state index is 0.888. The predicted molar refractivity (Wildman–Crippen MR) is 297 cm³/mol. The molecule has 14 aromatic rings. The van der Waals surface area contributed by atoms with Crippen molar-refractivity contribution < 1.29 is 4.42 Å². The van der Waals surface area contributed by atoms with Gasteiger partial charge in [0.1, 0.15) is 11.2 Å². The molecule has 3 heterocycles. The Bertz CT molecular complexity index is 4260. The van der Waals surface area contributed by atoms with Crippen LogP contribution in [-0.2, 0) is 0 Å². The number of furan rings is 1. The Kier molecular flexibility index (Phi) is 9.39. The smallest absolute Gasteiger partial charge is 0.143 e. The molecule has 4 heteroatoms. The highest BCUT2D eigenvalue weighted by atomic mass is 32.1. The Morgan fingerprint density at radius 3 is 1.60 bits per heavy atom. The minimum absolute atomic E-state index is 0.888. The molecule has 0 radical (unpaired) electrons. The van der Waals surface area contributed by atoms with Crippen LogP contribution in [0, 0.1) is 0 Å². The highest BCUT2D eigenvalue weighted by Crippen LogP contribution is 2.44. The summed E-state index contributed by atoms with van der Waals surface area (Å²) in [6, 6.07) is 92.3. The highest BCUT2D eigenvalue weighted by molar-refractivity contribution is 7.25. The molecule has 0 atom stereocenters. The van der Waals surface area contributed by atoms with Crippen molar-refractivity contribution in [3.63, 3.8) is 0 Å². The van der Waals surface area contributed by atoms with Crippen molar-refractivity contribution in [3.05, 3.63) is 255 Å². The third kappa shape index (κ3) is 6.64. The molecule has 14 rings (SSSR count). The van der Waals surface area contributed by atoms with Crippen LogP contribution in [-0.4, -0.2) is 4.57 Å². The van der Waals surface area contributed by atoms with Gasteiger partial charge in [0, 0.05) is 70.0 Å². The normalized spacial score (nSPS) is 11.7. The summed E-state index contributed by atoms with van der Waals surface area (Å²) in [4.78, 5) is 2.37. The van der Waals surface area contributed by atoms with E-state index in [4.69, 9.17) is 4.42 Å². The molecule has 3 nitrogen and oxygen atoms in total. The minimum Gasteiger partial charge on any atom is -0.455 e. The van der Waals surface area contributed by atoms with Crippen molar-refractivity contribution in [1.82, 2.24) is 4.57 Å². The predicted octanol–water partition coefficient (Wildman–Crippen LogP) is 19.2. The fourth-order valence-electron chi connectivity index (χ4n) is 10.7. The molecule has 0 fully saturated rings. The Balaban J connectivity index is 0.852. The first-order chi connectivity index (χ1) is 34.7. The van der Waals surface area contributed by atoms with E-state index in [1.54, 1.807) is 0 Å². The van der Waals surface area contributed by atoms with E-state index in [0.29, 0.717) is 0 Å². The summed E-state index contributed by atoms with van der Waals surface area (Å²) in [6.07, 6.45) is 0. The maximum absolute atomic E-state index is 6.53. The largest absolute Gasteiger partial charge is 0.455 e. The third-order valence-electron chi connectivity index (χ3n) is 14.0. The molecule has 11 aromatic carbocycles. The van der Waals surface area contributed by atoms with Crippen LogP contribution in [0.15, 0.2) is 259 Å². The number of hydrogen-bond acceptors (Lipinski definition) is 3. The van der Waals surface area contributed by atoms with Gasteiger partial charge in [0.2, 0.25) is 0 Å². The number of rotatable bonds is 8. The van der Waals surface area contributed by atoms with Crippen LogP contribution in [0.5, 0.6) is 0 Å². The van der Waals surface area contributed by atoms with Crippen LogP contribution in [0.1, 0.15) is 0 Å². The summed E-state index contributed by atoms with van der Waals surface area (Å²) in [7, 11) is 0. The fraction of sp³-hybridized carbons (Fsp3) is 0. The molecule has 0 bridgehead atoms. The fourth-order valence-corrected chi connectivity index (χ4v) is 11.8. The topological polar surface area (TPSA) is 21.3 Å². The Hall–Kier alpha value is -8.96. The first-order valence-corrected chi connectivity index (χ1v) is 24.6. The first-order valence-electron chi connectivity index (χ1n) is 23.8. The SMILES string of the molecule is c1ccc(-c2cccc3c2oc2ccc(-c4ccc(N(c5ccc(-c6ccc7c8ccccc8n(-c8ccccc8)c7c6)cc5)c5ccc(-c6cccc7sc8ccccc8c67)cc5)cc4)cc23)cc1. The Morgan fingerprint density at radius 2 is 0.857 bits per heavy atom. The van der Waals surface area contributed by atoms with Crippen LogP contribution in [0.3, 0.4) is 0 Å². The van der Waals surface area contributed by atoms with Crippen LogP contribution in [0.2, 0.25) is 0 Å². The van der Waals surface area contributed by atoms with Gasteiger partial charge in [-0.1, -0.05) is 170 Å². The Morgan fingerprint density at radius 1 is 0.329 bits per heavy atom. The summed E-state index contributed by atoms with van der Waals surface area (Å²) in [6.45, 7) is 0.